The molecule has 1 aromatic rings. The Kier molecular flexibility index (Phi) is 5.74. The Morgan fingerprint density at radius 2 is 2.10 bits per heavy atom. The van der Waals surface area contributed by atoms with Gasteiger partial charge in [-0.25, -0.2) is 17.9 Å². The second-order valence-electron chi connectivity index (χ2n) is 4.99. The van der Waals surface area contributed by atoms with Crippen molar-refractivity contribution in [3.8, 4) is 0 Å². The summed E-state index contributed by atoms with van der Waals surface area (Å²) in [7, 11) is -3.65. The first-order valence-electron chi connectivity index (χ1n) is 6.92. The Bertz CT molecular complexity index is 575. The fourth-order valence-corrected chi connectivity index (χ4v) is 4.49. The van der Waals surface area contributed by atoms with E-state index >= 15 is 0 Å². The van der Waals surface area contributed by atoms with Gasteiger partial charge >= 0.3 is 5.97 Å². The molecule has 6 nitrogen and oxygen atoms in total. The van der Waals surface area contributed by atoms with Crippen LogP contribution in [-0.2, 0) is 14.8 Å². The van der Waals surface area contributed by atoms with E-state index in [0.717, 1.165) is 30.2 Å². The van der Waals surface area contributed by atoms with Crippen molar-refractivity contribution in [1.29, 1.82) is 0 Å². The molecule has 0 bridgehead atoms. The summed E-state index contributed by atoms with van der Waals surface area (Å²) in [4.78, 5) is 10.7. The largest absolute Gasteiger partial charge is 0.478 e. The fourth-order valence-electron chi connectivity index (χ4n) is 2.27. The second-order valence-corrected chi connectivity index (χ2v) is 7.89. The van der Waals surface area contributed by atoms with E-state index in [0.29, 0.717) is 6.61 Å². The minimum absolute atomic E-state index is 0.0116. The van der Waals surface area contributed by atoms with Crippen molar-refractivity contribution in [2.75, 3.05) is 13.2 Å². The van der Waals surface area contributed by atoms with Crippen molar-refractivity contribution in [3.05, 3.63) is 17.0 Å². The van der Waals surface area contributed by atoms with E-state index in [-0.39, 0.29) is 22.4 Å². The van der Waals surface area contributed by atoms with Crippen LogP contribution in [-0.4, -0.2) is 38.7 Å². The van der Waals surface area contributed by atoms with E-state index < -0.39 is 16.0 Å². The third kappa shape index (κ3) is 4.77. The lowest BCUT2D eigenvalue weighted by atomic mass is 9.98. The molecule has 21 heavy (non-hydrogen) atoms. The number of hydrogen-bond acceptors (Lipinski definition) is 5. The minimum Gasteiger partial charge on any atom is -0.478 e. The van der Waals surface area contributed by atoms with Gasteiger partial charge in [0.1, 0.15) is 4.21 Å². The van der Waals surface area contributed by atoms with Gasteiger partial charge in [0, 0.05) is 11.9 Å². The summed E-state index contributed by atoms with van der Waals surface area (Å²) >= 11 is 0.899. The van der Waals surface area contributed by atoms with Crippen LogP contribution < -0.4 is 4.72 Å². The zero-order chi connectivity index (χ0) is 15.3. The molecule has 0 aromatic carbocycles. The quantitative estimate of drug-likeness (QED) is 0.745. The van der Waals surface area contributed by atoms with Crippen LogP contribution in [0.3, 0.4) is 0 Å². The average Bonchev–Trinajstić information content (AvgIpc) is 2.96. The third-order valence-corrected chi connectivity index (χ3v) is 6.29. The van der Waals surface area contributed by atoms with Crippen molar-refractivity contribution >= 4 is 27.3 Å². The Morgan fingerprint density at radius 1 is 1.38 bits per heavy atom. The number of carboxylic acid groups (broad SMARTS) is 1. The molecular weight excluding hydrogens is 314 g/mol. The second kappa shape index (κ2) is 7.35. The molecule has 8 heteroatoms. The molecular formula is C13H19NO5S2. The molecule has 1 saturated carbocycles. The molecule has 1 heterocycles. The van der Waals surface area contributed by atoms with Gasteiger partial charge in [-0.15, -0.1) is 11.3 Å². The first-order valence-corrected chi connectivity index (χ1v) is 9.28. The van der Waals surface area contributed by atoms with E-state index in [1.54, 1.807) is 0 Å². The summed E-state index contributed by atoms with van der Waals surface area (Å²) in [5.41, 5.74) is -0.0150. The van der Waals surface area contributed by atoms with Crippen LogP contribution in [0.1, 0.15) is 42.5 Å². The summed E-state index contributed by atoms with van der Waals surface area (Å²) in [6.45, 7) is 0.528. The summed E-state index contributed by atoms with van der Waals surface area (Å²) in [5, 5.41) is 10.1. The first-order chi connectivity index (χ1) is 9.99. The van der Waals surface area contributed by atoms with Gasteiger partial charge in [-0.3, -0.25) is 0 Å². The number of carbonyl (C=O) groups is 1. The molecule has 0 spiro atoms. The number of nitrogens with one attached hydrogen (secondary N) is 1. The van der Waals surface area contributed by atoms with Crippen LogP contribution in [0.25, 0.3) is 0 Å². The predicted octanol–water partition coefficient (Wildman–Crippen LogP) is 2.07. The highest BCUT2D eigenvalue weighted by Gasteiger charge is 2.19. The number of rotatable bonds is 7. The highest BCUT2D eigenvalue weighted by atomic mass is 32.2. The summed E-state index contributed by atoms with van der Waals surface area (Å²) in [5.74, 6) is -1.13. The van der Waals surface area contributed by atoms with Gasteiger partial charge in [0.25, 0.3) is 0 Å². The standard InChI is InChI=1S/C13H19NO5S2/c15-13(16)10-8-12(20-9-10)21(17,18)14-6-7-19-11-4-2-1-3-5-11/h8-9,11,14H,1-7H2,(H,15,16). The fraction of sp³-hybridized carbons (Fsp3) is 0.615. The Morgan fingerprint density at radius 3 is 2.71 bits per heavy atom. The predicted molar refractivity (Wildman–Crippen MR) is 79.3 cm³/mol. The van der Waals surface area contributed by atoms with Crippen LogP contribution >= 0.6 is 11.3 Å². The molecule has 0 aliphatic heterocycles. The minimum atomic E-state index is -3.65. The van der Waals surface area contributed by atoms with Crippen LogP contribution in [0.4, 0.5) is 0 Å². The third-order valence-electron chi connectivity index (χ3n) is 3.39. The summed E-state index contributed by atoms with van der Waals surface area (Å²) in [6, 6.07) is 1.16. The Balaban J connectivity index is 1.79. The average molecular weight is 333 g/mol. The lowest BCUT2D eigenvalue weighted by Gasteiger charge is -2.21. The molecule has 0 radical (unpaired) electrons. The molecule has 0 saturated heterocycles. The van der Waals surface area contributed by atoms with E-state index in [1.807, 2.05) is 0 Å². The highest BCUT2D eigenvalue weighted by Crippen LogP contribution is 2.21. The molecule has 0 unspecified atom stereocenters. The topological polar surface area (TPSA) is 92.7 Å². The Labute approximate surface area is 128 Å². The van der Waals surface area contributed by atoms with Crippen molar-refractivity contribution < 1.29 is 23.1 Å². The SMILES string of the molecule is O=C(O)c1csc(S(=O)(=O)NCCOC2CCCCC2)c1. The molecule has 2 N–H and O–H groups in total. The molecule has 2 rings (SSSR count). The van der Waals surface area contributed by atoms with E-state index in [4.69, 9.17) is 9.84 Å². The van der Waals surface area contributed by atoms with Gasteiger partial charge < -0.3 is 9.84 Å². The normalized spacial score (nSPS) is 17.0. The lowest BCUT2D eigenvalue weighted by molar-refractivity contribution is 0.0321. The number of aromatic carboxylic acids is 1. The van der Waals surface area contributed by atoms with Gasteiger partial charge in [-0.05, 0) is 18.9 Å². The van der Waals surface area contributed by atoms with E-state index in [2.05, 4.69) is 4.72 Å². The van der Waals surface area contributed by atoms with Crippen molar-refractivity contribution in [1.82, 2.24) is 4.72 Å². The number of sulfonamides is 1. The molecule has 1 aliphatic carbocycles. The van der Waals surface area contributed by atoms with Gasteiger partial charge in [-0.1, -0.05) is 19.3 Å². The maximum Gasteiger partial charge on any atom is 0.336 e. The van der Waals surface area contributed by atoms with E-state index in [1.165, 1.54) is 24.6 Å². The van der Waals surface area contributed by atoms with Crippen molar-refractivity contribution in [3.63, 3.8) is 0 Å². The molecule has 0 atom stereocenters. The summed E-state index contributed by atoms with van der Waals surface area (Å²) < 4.78 is 32.0. The number of hydrogen-bond donors (Lipinski definition) is 2. The number of carboxylic acids is 1. The van der Waals surface area contributed by atoms with Gasteiger partial charge in [-0.2, -0.15) is 0 Å². The monoisotopic (exact) mass is 333 g/mol. The lowest BCUT2D eigenvalue weighted by Crippen LogP contribution is -2.29. The highest BCUT2D eigenvalue weighted by molar-refractivity contribution is 7.91. The molecule has 0 amide bonds. The molecule has 118 valence electrons. The number of thiophene rings is 1. The van der Waals surface area contributed by atoms with Crippen LogP contribution in [0.2, 0.25) is 0 Å². The maximum atomic E-state index is 12.0. The zero-order valence-corrected chi connectivity index (χ0v) is 13.2. The van der Waals surface area contributed by atoms with Crippen molar-refractivity contribution in [2.45, 2.75) is 42.4 Å². The summed E-state index contributed by atoms with van der Waals surface area (Å²) in [6.07, 6.45) is 5.91. The van der Waals surface area contributed by atoms with Gasteiger partial charge in [0.05, 0.1) is 18.3 Å². The van der Waals surface area contributed by atoms with Crippen LogP contribution in [0, 0.1) is 0 Å². The zero-order valence-electron chi connectivity index (χ0n) is 11.6. The van der Waals surface area contributed by atoms with Crippen LogP contribution in [0.5, 0.6) is 0 Å². The first kappa shape index (κ1) is 16.4. The maximum absolute atomic E-state index is 12.0. The van der Waals surface area contributed by atoms with Crippen molar-refractivity contribution in [2.24, 2.45) is 0 Å². The molecule has 1 aromatic heterocycles. The van der Waals surface area contributed by atoms with Gasteiger partial charge in [0.15, 0.2) is 0 Å². The smallest absolute Gasteiger partial charge is 0.336 e. The Hall–Kier alpha value is -0.960. The van der Waals surface area contributed by atoms with E-state index in [9.17, 15) is 13.2 Å². The number of ether oxygens (including phenoxy) is 1. The molecule has 1 aliphatic rings. The van der Waals surface area contributed by atoms with Crippen LogP contribution in [0.15, 0.2) is 15.7 Å². The van der Waals surface area contributed by atoms with Gasteiger partial charge in [0.2, 0.25) is 10.0 Å². The molecule has 1 fully saturated rings.